The minimum absolute atomic E-state index is 0.138. The van der Waals surface area contributed by atoms with Crippen LogP contribution in [0.3, 0.4) is 0 Å². The van der Waals surface area contributed by atoms with Gasteiger partial charge in [0.1, 0.15) is 5.69 Å². The number of carbonyl (C=O) groups excluding carboxylic acids is 2. The first-order valence-corrected chi connectivity index (χ1v) is 10.5. The fourth-order valence-corrected chi connectivity index (χ4v) is 4.38. The standard InChI is InChI=1S/C24H24N4O2/c29-23(26-20-12-6-10-18-9-4-5-11-19(18)20)21-16-27-13-14-28(24(30)22(27)25-21)15-17-7-2-1-3-8-17/h1-3,6-8,10,12,16H,4-5,9,11,13-15H2,(H,26,29). The molecular formula is C24H24N4O2. The molecule has 6 heteroatoms. The van der Waals surface area contributed by atoms with Crippen LogP contribution in [-0.4, -0.2) is 32.8 Å². The van der Waals surface area contributed by atoms with Crippen LogP contribution in [0.2, 0.25) is 0 Å². The van der Waals surface area contributed by atoms with Gasteiger partial charge in [-0.1, -0.05) is 42.5 Å². The summed E-state index contributed by atoms with van der Waals surface area (Å²) < 4.78 is 1.79. The number of nitrogens with zero attached hydrogens (tertiary/aromatic N) is 3. The molecule has 0 spiro atoms. The highest BCUT2D eigenvalue weighted by Gasteiger charge is 2.28. The van der Waals surface area contributed by atoms with E-state index in [4.69, 9.17) is 0 Å². The number of aryl methyl sites for hydroxylation is 1. The second-order valence-corrected chi connectivity index (χ2v) is 7.96. The first kappa shape index (κ1) is 18.6. The van der Waals surface area contributed by atoms with E-state index in [2.05, 4.69) is 16.4 Å². The summed E-state index contributed by atoms with van der Waals surface area (Å²) in [6.07, 6.45) is 6.07. The Morgan fingerprint density at radius 2 is 1.83 bits per heavy atom. The van der Waals surface area contributed by atoms with Gasteiger partial charge in [-0.05, 0) is 48.4 Å². The Morgan fingerprint density at radius 1 is 1.00 bits per heavy atom. The van der Waals surface area contributed by atoms with Crippen molar-refractivity contribution in [1.29, 1.82) is 0 Å². The molecule has 1 aliphatic heterocycles. The molecule has 0 saturated carbocycles. The molecule has 5 rings (SSSR count). The highest BCUT2D eigenvalue weighted by molar-refractivity contribution is 6.04. The lowest BCUT2D eigenvalue weighted by atomic mass is 9.90. The van der Waals surface area contributed by atoms with Gasteiger partial charge in [-0.3, -0.25) is 9.59 Å². The van der Waals surface area contributed by atoms with Crippen LogP contribution >= 0.6 is 0 Å². The molecule has 1 N–H and O–H groups in total. The summed E-state index contributed by atoms with van der Waals surface area (Å²) in [6, 6.07) is 16.0. The molecule has 1 aliphatic carbocycles. The van der Waals surface area contributed by atoms with E-state index < -0.39 is 0 Å². The third kappa shape index (κ3) is 3.49. The van der Waals surface area contributed by atoms with E-state index in [0.29, 0.717) is 25.5 Å². The molecule has 152 valence electrons. The molecule has 1 aromatic heterocycles. The number of rotatable bonds is 4. The van der Waals surface area contributed by atoms with Crippen molar-refractivity contribution >= 4 is 17.5 Å². The Balaban J connectivity index is 1.34. The van der Waals surface area contributed by atoms with E-state index in [0.717, 1.165) is 30.5 Å². The smallest absolute Gasteiger partial charge is 0.290 e. The van der Waals surface area contributed by atoms with Gasteiger partial charge in [-0.25, -0.2) is 4.98 Å². The summed E-state index contributed by atoms with van der Waals surface area (Å²) >= 11 is 0. The van der Waals surface area contributed by atoms with Crippen LogP contribution in [0.15, 0.2) is 54.7 Å². The maximum Gasteiger partial charge on any atom is 0.290 e. The molecule has 3 aromatic rings. The summed E-state index contributed by atoms with van der Waals surface area (Å²) in [7, 11) is 0. The van der Waals surface area contributed by atoms with Crippen molar-refractivity contribution in [3.8, 4) is 0 Å². The highest BCUT2D eigenvalue weighted by Crippen LogP contribution is 2.28. The number of hydrogen-bond donors (Lipinski definition) is 1. The van der Waals surface area contributed by atoms with Crippen molar-refractivity contribution in [2.45, 2.75) is 38.8 Å². The summed E-state index contributed by atoms with van der Waals surface area (Å²) in [4.78, 5) is 32.0. The molecule has 0 atom stereocenters. The first-order valence-electron chi connectivity index (χ1n) is 10.5. The Bertz CT molecular complexity index is 1100. The largest absolute Gasteiger partial charge is 0.330 e. The van der Waals surface area contributed by atoms with Crippen molar-refractivity contribution in [2.75, 3.05) is 11.9 Å². The Hall–Kier alpha value is -3.41. The second kappa shape index (κ2) is 7.78. The van der Waals surface area contributed by atoms with Crippen LogP contribution in [-0.2, 0) is 25.9 Å². The molecule has 2 amide bonds. The number of benzene rings is 2. The molecule has 30 heavy (non-hydrogen) atoms. The van der Waals surface area contributed by atoms with Crippen molar-refractivity contribution in [3.63, 3.8) is 0 Å². The van der Waals surface area contributed by atoms with E-state index in [1.54, 1.807) is 15.7 Å². The lowest BCUT2D eigenvalue weighted by Crippen LogP contribution is -2.39. The zero-order valence-corrected chi connectivity index (χ0v) is 16.8. The first-order chi connectivity index (χ1) is 14.7. The van der Waals surface area contributed by atoms with E-state index in [1.807, 2.05) is 42.5 Å². The van der Waals surface area contributed by atoms with Crippen molar-refractivity contribution in [1.82, 2.24) is 14.5 Å². The minimum Gasteiger partial charge on any atom is -0.330 e. The second-order valence-electron chi connectivity index (χ2n) is 7.96. The third-order valence-corrected chi connectivity index (χ3v) is 5.96. The summed E-state index contributed by atoms with van der Waals surface area (Å²) in [5.41, 5.74) is 4.77. The predicted octanol–water partition coefficient (Wildman–Crippen LogP) is 3.67. The Labute approximate surface area is 175 Å². The maximum atomic E-state index is 12.9. The molecule has 0 radical (unpaired) electrons. The molecule has 2 aliphatic rings. The van der Waals surface area contributed by atoms with E-state index in [9.17, 15) is 9.59 Å². The van der Waals surface area contributed by atoms with Gasteiger partial charge in [0.05, 0.1) is 0 Å². The molecule has 0 saturated heterocycles. The Morgan fingerprint density at radius 3 is 2.70 bits per heavy atom. The normalized spacial score (nSPS) is 15.5. The number of amides is 2. The van der Waals surface area contributed by atoms with Crippen LogP contribution in [0.25, 0.3) is 0 Å². The minimum atomic E-state index is -0.265. The highest BCUT2D eigenvalue weighted by atomic mass is 16.2. The zero-order valence-electron chi connectivity index (χ0n) is 16.8. The van der Waals surface area contributed by atoms with Gasteiger partial charge >= 0.3 is 0 Å². The van der Waals surface area contributed by atoms with Crippen molar-refractivity contribution in [3.05, 3.63) is 82.9 Å². The summed E-state index contributed by atoms with van der Waals surface area (Å²) in [5, 5.41) is 3.02. The van der Waals surface area contributed by atoms with Crippen molar-refractivity contribution in [2.24, 2.45) is 0 Å². The van der Waals surface area contributed by atoms with Gasteiger partial charge in [0.2, 0.25) is 0 Å². The van der Waals surface area contributed by atoms with Gasteiger partial charge in [0, 0.05) is 31.5 Å². The van der Waals surface area contributed by atoms with Crippen LogP contribution in [0, 0.1) is 0 Å². The molecule has 6 nitrogen and oxygen atoms in total. The average molecular weight is 400 g/mol. The van der Waals surface area contributed by atoms with Gasteiger partial charge < -0.3 is 14.8 Å². The number of imidazole rings is 1. The number of hydrogen-bond acceptors (Lipinski definition) is 3. The monoisotopic (exact) mass is 400 g/mol. The van der Waals surface area contributed by atoms with Gasteiger partial charge in [-0.2, -0.15) is 0 Å². The number of anilines is 1. The van der Waals surface area contributed by atoms with Crippen LogP contribution in [0.4, 0.5) is 5.69 Å². The summed E-state index contributed by atoms with van der Waals surface area (Å²) in [6.45, 7) is 1.78. The Kier molecular flexibility index (Phi) is 4.83. The van der Waals surface area contributed by atoms with Crippen LogP contribution in [0.1, 0.15) is 50.6 Å². The summed E-state index contributed by atoms with van der Waals surface area (Å²) in [5.74, 6) is -0.0723. The number of aromatic nitrogens is 2. The van der Waals surface area contributed by atoms with Gasteiger partial charge in [0.25, 0.3) is 11.8 Å². The lowest BCUT2D eigenvalue weighted by molar-refractivity contribution is 0.0683. The third-order valence-electron chi connectivity index (χ3n) is 5.96. The van der Waals surface area contributed by atoms with Crippen LogP contribution in [0.5, 0.6) is 0 Å². The van der Waals surface area contributed by atoms with Gasteiger partial charge in [-0.15, -0.1) is 0 Å². The van der Waals surface area contributed by atoms with Crippen LogP contribution < -0.4 is 5.32 Å². The maximum absolute atomic E-state index is 12.9. The predicted molar refractivity (Wildman–Crippen MR) is 114 cm³/mol. The zero-order chi connectivity index (χ0) is 20.5. The van der Waals surface area contributed by atoms with E-state index in [-0.39, 0.29) is 17.5 Å². The van der Waals surface area contributed by atoms with E-state index in [1.165, 1.54) is 17.5 Å². The molecule has 0 fully saturated rings. The van der Waals surface area contributed by atoms with E-state index >= 15 is 0 Å². The molecular weight excluding hydrogens is 376 g/mol. The molecule has 0 bridgehead atoms. The topological polar surface area (TPSA) is 67.2 Å². The number of carbonyl (C=O) groups is 2. The SMILES string of the molecule is O=C(Nc1cccc2c1CCCC2)c1cn2c(n1)C(=O)N(Cc1ccccc1)CC2. The van der Waals surface area contributed by atoms with Gasteiger partial charge in [0.15, 0.2) is 5.82 Å². The molecule has 2 aromatic carbocycles. The van der Waals surface area contributed by atoms with Crippen molar-refractivity contribution < 1.29 is 9.59 Å². The molecule has 0 unspecified atom stereocenters. The average Bonchev–Trinajstić information content (AvgIpc) is 3.22. The quantitative estimate of drug-likeness (QED) is 0.727. The number of nitrogens with one attached hydrogen (secondary N) is 1. The lowest BCUT2D eigenvalue weighted by Gasteiger charge is -2.27. The fourth-order valence-electron chi connectivity index (χ4n) is 4.38. The number of fused-ring (bicyclic) bond motifs is 2. The molecule has 2 heterocycles. The fraction of sp³-hybridized carbons (Fsp3) is 0.292.